The molecule has 0 aliphatic rings. The van der Waals surface area contributed by atoms with Crippen molar-refractivity contribution in [3.05, 3.63) is 57.6 Å². The van der Waals surface area contributed by atoms with Crippen molar-refractivity contribution in [1.82, 2.24) is 4.98 Å². The Balaban J connectivity index is 1.89. The summed E-state index contributed by atoms with van der Waals surface area (Å²) in [7, 11) is 0. The zero-order valence-electron chi connectivity index (χ0n) is 10.1. The Morgan fingerprint density at radius 1 is 1.20 bits per heavy atom. The van der Waals surface area contributed by atoms with Crippen molar-refractivity contribution in [1.29, 1.82) is 0 Å². The molecule has 3 rings (SSSR count). The molecule has 0 aliphatic carbocycles. The molecule has 20 heavy (non-hydrogen) atoms. The molecule has 3 nitrogen and oxygen atoms in total. The molecule has 0 aliphatic heterocycles. The highest BCUT2D eigenvalue weighted by Crippen LogP contribution is 2.25. The van der Waals surface area contributed by atoms with Crippen molar-refractivity contribution in [2.24, 2.45) is 0 Å². The zero-order valence-corrected chi connectivity index (χ0v) is 12.4. The van der Waals surface area contributed by atoms with Gasteiger partial charge in [-0.3, -0.25) is 4.79 Å². The molecular weight excluding hydrogens is 315 g/mol. The van der Waals surface area contributed by atoms with E-state index in [0.717, 1.165) is 5.39 Å². The lowest BCUT2D eigenvalue weighted by molar-refractivity contribution is 0.102. The molecule has 2 aromatic heterocycles. The minimum atomic E-state index is -0.311. The Kier molecular flexibility index (Phi) is 3.61. The van der Waals surface area contributed by atoms with Gasteiger partial charge in [-0.1, -0.05) is 23.2 Å². The zero-order chi connectivity index (χ0) is 14.1. The number of thiophene rings is 1. The van der Waals surface area contributed by atoms with Gasteiger partial charge in [0.05, 0.1) is 10.6 Å². The maximum Gasteiger partial charge on any atom is 0.257 e. The van der Waals surface area contributed by atoms with Gasteiger partial charge in [0.15, 0.2) is 0 Å². The normalized spacial score (nSPS) is 10.7. The number of amides is 1. The van der Waals surface area contributed by atoms with Gasteiger partial charge in [0.25, 0.3) is 5.91 Å². The summed E-state index contributed by atoms with van der Waals surface area (Å²) in [6.07, 6.45) is 1.36. The van der Waals surface area contributed by atoms with E-state index in [1.807, 2.05) is 29.6 Å². The second-order valence-electron chi connectivity index (χ2n) is 4.11. The molecule has 1 amide bonds. The van der Waals surface area contributed by atoms with Gasteiger partial charge in [-0.2, -0.15) is 0 Å². The van der Waals surface area contributed by atoms with Crippen LogP contribution in [0.3, 0.4) is 0 Å². The number of carbonyl (C=O) groups excluding carboxylic acids is 1. The molecular formula is C14H8Cl2N2OS. The highest BCUT2D eigenvalue weighted by atomic mass is 35.5. The quantitative estimate of drug-likeness (QED) is 0.685. The number of nitrogens with one attached hydrogen (secondary N) is 1. The average Bonchev–Trinajstić information content (AvgIpc) is 2.89. The number of anilines is 1. The Bertz CT molecular complexity index is 801. The number of hydrogen-bond acceptors (Lipinski definition) is 3. The van der Waals surface area contributed by atoms with Crippen LogP contribution in [0.15, 0.2) is 41.9 Å². The maximum atomic E-state index is 12.2. The van der Waals surface area contributed by atoms with Crippen molar-refractivity contribution in [3.63, 3.8) is 0 Å². The number of pyridine rings is 1. The molecule has 6 heteroatoms. The first-order valence-corrected chi connectivity index (χ1v) is 7.37. The molecule has 0 spiro atoms. The molecule has 3 aromatic rings. The van der Waals surface area contributed by atoms with E-state index >= 15 is 0 Å². The van der Waals surface area contributed by atoms with Crippen molar-refractivity contribution < 1.29 is 4.79 Å². The monoisotopic (exact) mass is 322 g/mol. The van der Waals surface area contributed by atoms with Crippen molar-refractivity contribution in [2.75, 3.05) is 5.32 Å². The number of nitrogens with zero attached hydrogens (tertiary/aromatic N) is 1. The highest BCUT2D eigenvalue weighted by Gasteiger charge is 2.12. The maximum absolute atomic E-state index is 12.2. The van der Waals surface area contributed by atoms with Gasteiger partial charge < -0.3 is 5.32 Å². The van der Waals surface area contributed by atoms with Crippen LogP contribution in [0.5, 0.6) is 0 Å². The molecule has 2 heterocycles. The second kappa shape index (κ2) is 5.40. The number of benzene rings is 1. The van der Waals surface area contributed by atoms with Crippen LogP contribution in [-0.2, 0) is 0 Å². The van der Waals surface area contributed by atoms with Gasteiger partial charge in [0.2, 0.25) is 0 Å². The van der Waals surface area contributed by atoms with E-state index < -0.39 is 0 Å². The van der Waals surface area contributed by atoms with Crippen LogP contribution in [0.1, 0.15) is 10.4 Å². The molecule has 1 aromatic carbocycles. The minimum Gasteiger partial charge on any atom is -0.322 e. The predicted octanol–water partition coefficient (Wildman–Crippen LogP) is 4.86. The van der Waals surface area contributed by atoms with E-state index in [4.69, 9.17) is 23.2 Å². The summed E-state index contributed by atoms with van der Waals surface area (Å²) in [5.41, 5.74) is 1.02. The number of halogens is 2. The number of fused-ring (bicyclic) bond motifs is 1. The lowest BCUT2D eigenvalue weighted by atomic mass is 10.2. The fraction of sp³-hybridized carbons (Fsp3) is 0. The van der Waals surface area contributed by atoms with E-state index in [0.29, 0.717) is 11.3 Å². The van der Waals surface area contributed by atoms with Crippen molar-refractivity contribution >= 4 is 56.2 Å². The minimum absolute atomic E-state index is 0.229. The number of rotatable bonds is 2. The van der Waals surface area contributed by atoms with E-state index in [-0.39, 0.29) is 16.1 Å². The molecule has 0 radical (unpaired) electrons. The fourth-order valence-electron chi connectivity index (χ4n) is 1.83. The molecule has 0 saturated carbocycles. The summed E-state index contributed by atoms with van der Waals surface area (Å²) < 4.78 is 1.17. The average molecular weight is 323 g/mol. The van der Waals surface area contributed by atoms with Crippen LogP contribution in [0.4, 0.5) is 5.69 Å². The van der Waals surface area contributed by atoms with Crippen LogP contribution in [0.2, 0.25) is 10.2 Å². The van der Waals surface area contributed by atoms with Gasteiger partial charge in [0.1, 0.15) is 5.15 Å². The predicted molar refractivity (Wildman–Crippen MR) is 84.0 cm³/mol. The van der Waals surface area contributed by atoms with Crippen LogP contribution in [0.25, 0.3) is 10.1 Å². The first-order chi connectivity index (χ1) is 9.63. The standard InChI is InChI=1S/C14H8Cl2N2OS/c15-11-7-17-13(16)6-10(11)14(19)18-9-1-2-12-8(5-9)3-4-20-12/h1-7H,(H,18,19). The summed E-state index contributed by atoms with van der Waals surface area (Å²) in [6.45, 7) is 0. The Morgan fingerprint density at radius 3 is 2.90 bits per heavy atom. The fourth-order valence-corrected chi connectivity index (χ4v) is 2.95. The first-order valence-electron chi connectivity index (χ1n) is 5.73. The van der Waals surface area contributed by atoms with Gasteiger partial charge in [-0.15, -0.1) is 11.3 Å². The molecule has 0 fully saturated rings. The van der Waals surface area contributed by atoms with Crippen LogP contribution >= 0.6 is 34.5 Å². The van der Waals surface area contributed by atoms with Crippen LogP contribution in [-0.4, -0.2) is 10.9 Å². The highest BCUT2D eigenvalue weighted by molar-refractivity contribution is 7.17. The van der Waals surface area contributed by atoms with Crippen molar-refractivity contribution in [2.45, 2.75) is 0 Å². The summed E-state index contributed by atoms with van der Waals surface area (Å²) in [4.78, 5) is 16.0. The second-order valence-corrected chi connectivity index (χ2v) is 5.86. The van der Waals surface area contributed by atoms with Crippen LogP contribution < -0.4 is 5.32 Å². The van der Waals surface area contributed by atoms with Crippen molar-refractivity contribution in [3.8, 4) is 0 Å². The third-order valence-corrected chi connectivity index (χ3v) is 4.18. The molecule has 0 saturated heterocycles. The largest absolute Gasteiger partial charge is 0.322 e. The van der Waals surface area contributed by atoms with Crippen LogP contribution in [0, 0.1) is 0 Å². The SMILES string of the molecule is O=C(Nc1ccc2sccc2c1)c1cc(Cl)ncc1Cl. The third kappa shape index (κ3) is 2.63. The van der Waals surface area contributed by atoms with Gasteiger partial charge in [0, 0.05) is 16.6 Å². The number of aromatic nitrogens is 1. The summed E-state index contributed by atoms with van der Waals surface area (Å²) in [5.74, 6) is -0.311. The Labute approximate surface area is 129 Å². The van der Waals surface area contributed by atoms with E-state index in [1.165, 1.54) is 17.0 Å². The molecule has 0 atom stereocenters. The van der Waals surface area contributed by atoms with Gasteiger partial charge in [-0.05, 0) is 41.1 Å². The summed E-state index contributed by atoms with van der Waals surface area (Å²) in [5, 5.41) is 6.40. The lowest BCUT2D eigenvalue weighted by Gasteiger charge is -2.07. The molecule has 0 bridgehead atoms. The smallest absolute Gasteiger partial charge is 0.257 e. The lowest BCUT2D eigenvalue weighted by Crippen LogP contribution is -2.12. The Hall–Kier alpha value is -1.62. The molecule has 0 unspecified atom stereocenters. The van der Waals surface area contributed by atoms with Gasteiger partial charge >= 0.3 is 0 Å². The topological polar surface area (TPSA) is 42.0 Å². The molecule has 1 N–H and O–H groups in total. The van der Waals surface area contributed by atoms with Gasteiger partial charge in [-0.25, -0.2) is 4.98 Å². The number of carbonyl (C=O) groups is 1. The van der Waals surface area contributed by atoms with E-state index in [1.54, 1.807) is 11.3 Å². The third-order valence-electron chi connectivity index (χ3n) is 2.78. The summed E-state index contributed by atoms with van der Waals surface area (Å²) >= 11 is 13.4. The molecule has 100 valence electrons. The Morgan fingerprint density at radius 2 is 2.05 bits per heavy atom. The van der Waals surface area contributed by atoms with E-state index in [2.05, 4.69) is 10.3 Å². The first kappa shape index (κ1) is 13.4. The number of hydrogen-bond donors (Lipinski definition) is 1. The van der Waals surface area contributed by atoms with E-state index in [9.17, 15) is 4.79 Å². The summed E-state index contributed by atoms with van der Waals surface area (Å²) in [6, 6.07) is 9.19.